The molecule has 1 N–H and O–H groups in total. The summed E-state index contributed by atoms with van der Waals surface area (Å²) in [5.41, 5.74) is 8.70. The minimum absolute atomic E-state index is 0.260. The van der Waals surface area contributed by atoms with Crippen molar-refractivity contribution in [3.63, 3.8) is 0 Å². The number of carbonyl (C=O) groups is 1. The van der Waals surface area contributed by atoms with Crippen LogP contribution in [-0.2, 0) is 17.8 Å². The van der Waals surface area contributed by atoms with Gasteiger partial charge in [0.25, 0.3) is 0 Å². The molecule has 4 rings (SSSR count). The molecule has 0 fully saturated rings. The van der Waals surface area contributed by atoms with Crippen molar-refractivity contribution in [2.75, 3.05) is 13.1 Å². The van der Waals surface area contributed by atoms with Gasteiger partial charge in [0.1, 0.15) is 0 Å². The Morgan fingerprint density at radius 3 is 1.97 bits per heavy atom. The molecule has 0 spiro atoms. The summed E-state index contributed by atoms with van der Waals surface area (Å²) in [4.78, 5) is 23.4. The molecule has 0 atom stereocenters. The van der Waals surface area contributed by atoms with Crippen molar-refractivity contribution in [2.45, 2.75) is 52.5 Å². The molecule has 1 aromatic heterocycles. The van der Waals surface area contributed by atoms with Gasteiger partial charge in [-0.1, -0.05) is 66.1 Å². The number of hydrogen-bond donors (Lipinski definition) is 1. The average Bonchev–Trinajstić information content (AvgIpc) is 2.79. The molecule has 5 heteroatoms. The van der Waals surface area contributed by atoms with E-state index in [0.29, 0.717) is 0 Å². The number of aliphatic carboxylic acids is 1. The van der Waals surface area contributed by atoms with E-state index in [-0.39, 0.29) is 6.42 Å². The van der Waals surface area contributed by atoms with Crippen LogP contribution in [0.15, 0.2) is 48.5 Å². The van der Waals surface area contributed by atoms with Gasteiger partial charge in [-0.2, -0.15) is 0 Å². The smallest absolute Gasteiger partial charge is 0.303 e. The first-order valence-corrected chi connectivity index (χ1v) is 11.5. The van der Waals surface area contributed by atoms with Crippen LogP contribution in [-0.4, -0.2) is 39.0 Å². The highest BCUT2D eigenvalue weighted by atomic mass is 16.4. The van der Waals surface area contributed by atoms with E-state index in [1.165, 1.54) is 11.1 Å². The van der Waals surface area contributed by atoms with Crippen LogP contribution in [0.1, 0.15) is 48.2 Å². The zero-order valence-electron chi connectivity index (χ0n) is 19.0. The lowest BCUT2D eigenvalue weighted by molar-refractivity contribution is -0.137. The van der Waals surface area contributed by atoms with Crippen molar-refractivity contribution in [2.24, 2.45) is 0 Å². The number of carboxylic acid groups (broad SMARTS) is 1. The molecule has 0 saturated carbocycles. The molecule has 0 saturated heterocycles. The van der Waals surface area contributed by atoms with Gasteiger partial charge in [0.15, 0.2) is 0 Å². The number of rotatable bonds is 8. The largest absolute Gasteiger partial charge is 0.481 e. The highest BCUT2D eigenvalue weighted by Crippen LogP contribution is 2.32. The van der Waals surface area contributed by atoms with Gasteiger partial charge in [-0.15, -0.1) is 0 Å². The Hall–Kier alpha value is -3.05. The highest BCUT2D eigenvalue weighted by molar-refractivity contribution is 5.78. The Bertz CT molecular complexity index is 1080. The molecule has 3 aromatic rings. The van der Waals surface area contributed by atoms with Crippen LogP contribution in [0.25, 0.3) is 22.5 Å². The maximum Gasteiger partial charge on any atom is 0.303 e. The fourth-order valence-electron chi connectivity index (χ4n) is 4.19. The van der Waals surface area contributed by atoms with Crippen molar-refractivity contribution >= 4 is 5.97 Å². The zero-order chi connectivity index (χ0) is 22.5. The van der Waals surface area contributed by atoms with Crippen LogP contribution in [0.2, 0.25) is 0 Å². The molecule has 0 bridgehead atoms. The van der Waals surface area contributed by atoms with E-state index in [0.717, 1.165) is 79.2 Å². The molecule has 166 valence electrons. The number of aryl methyl sites for hydroxylation is 2. The van der Waals surface area contributed by atoms with Crippen molar-refractivity contribution in [1.82, 2.24) is 14.9 Å². The molecule has 0 amide bonds. The number of nitrogens with zero attached hydrogens (tertiary/aromatic N) is 3. The van der Waals surface area contributed by atoms with Crippen LogP contribution in [0.4, 0.5) is 0 Å². The van der Waals surface area contributed by atoms with E-state index in [1.54, 1.807) is 0 Å². The predicted molar refractivity (Wildman–Crippen MR) is 127 cm³/mol. The predicted octanol–water partition coefficient (Wildman–Crippen LogP) is 5.43. The number of benzene rings is 2. The fraction of sp³-hybridized carbons (Fsp3) is 0.370. The summed E-state index contributed by atoms with van der Waals surface area (Å²) in [6.07, 6.45) is 3.86. The molecule has 2 heterocycles. The van der Waals surface area contributed by atoms with Gasteiger partial charge < -0.3 is 5.11 Å². The molecule has 1 aliphatic rings. The standard InChI is InChI=1S/C27H31N3O2/c1-19-7-11-21(12-8-19)26-27(22-13-9-20(2)10-14-22)29-24-18-30(17-15-23(24)28-26)16-5-3-4-6-25(31)32/h7-14H,3-6,15-18H2,1-2H3,(H,31,32). The van der Waals surface area contributed by atoms with Gasteiger partial charge >= 0.3 is 5.97 Å². The molecule has 5 nitrogen and oxygen atoms in total. The van der Waals surface area contributed by atoms with E-state index < -0.39 is 5.97 Å². The van der Waals surface area contributed by atoms with Crippen LogP contribution in [0.5, 0.6) is 0 Å². The van der Waals surface area contributed by atoms with Crippen molar-refractivity contribution < 1.29 is 9.90 Å². The van der Waals surface area contributed by atoms with E-state index in [1.807, 2.05) is 0 Å². The fourth-order valence-corrected chi connectivity index (χ4v) is 4.19. The first-order chi connectivity index (χ1) is 15.5. The maximum atomic E-state index is 10.7. The quantitative estimate of drug-likeness (QED) is 0.484. The summed E-state index contributed by atoms with van der Waals surface area (Å²) in [6, 6.07) is 17.0. The van der Waals surface area contributed by atoms with Gasteiger partial charge in [0.2, 0.25) is 0 Å². The second-order valence-electron chi connectivity index (χ2n) is 8.78. The monoisotopic (exact) mass is 429 g/mol. The molecule has 0 radical (unpaired) electrons. The Kier molecular flexibility index (Phi) is 6.96. The van der Waals surface area contributed by atoms with E-state index in [4.69, 9.17) is 15.1 Å². The summed E-state index contributed by atoms with van der Waals surface area (Å²) in [6.45, 7) is 6.93. The Morgan fingerprint density at radius 1 is 0.844 bits per heavy atom. The van der Waals surface area contributed by atoms with Crippen molar-refractivity contribution in [3.8, 4) is 22.5 Å². The van der Waals surface area contributed by atoms with Crippen molar-refractivity contribution in [3.05, 3.63) is 71.0 Å². The van der Waals surface area contributed by atoms with E-state index in [9.17, 15) is 4.79 Å². The topological polar surface area (TPSA) is 66.3 Å². The first-order valence-electron chi connectivity index (χ1n) is 11.5. The Morgan fingerprint density at radius 2 is 1.41 bits per heavy atom. The van der Waals surface area contributed by atoms with Crippen molar-refractivity contribution in [1.29, 1.82) is 0 Å². The van der Waals surface area contributed by atoms with E-state index in [2.05, 4.69) is 67.3 Å². The lowest BCUT2D eigenvalue weighted by Gasteiger charge is -2.28. The minimum Gasteiger partial charge on any atom is -0.481 e. The number of aromatic nitrogens is 2. The second-order valence-corrected chi connectivity index (χ2v) is 8.78. The molecule has 1 aliphatic heterocycles. The van der Waals surface area contributed by atoms with E-state index >= 15 is 0 Å². The minimum atomic E-state index is -0.708. The summed E-state index contributed by atoms with van der Waals surface area (Å²) >= 11 is 0. The third-order valence-electron chi connectivity index (χ3n) is 6.10. The van der Waals surface area contributed by atoms with Gasteiger partial charge in [-0.05, 0) is 33.2 Å². The summed E-state index contributed by atoms with van der Waals surface area (Å²) < 4.78 is 0. The maximum absolute atomic E-state index is 10.7. The van der Waals surface area contributed by atoms with Gasteiger partial charge in [-0.3, -0.25) is 9.69 Å². The zero-order valence-corrected chi connectivity index (χ0v) is 19.0. The van der Waals surface area contributed by atoms with Crippen LogP contribution >= 0.6 is 0 Å². The normalized spacial score (nSPS) is 13.7. The average molecular weight is 430 g/mol. The SMILES string of the molecule is Cc1ccc(-c2nc3c(nc2-c2ccc(C)cc2)CN(CCCCCC(=O)O)CC3)cc1. The Balaban J connectivity index is 1.58. The summed E-state index contributed by atoms with van der Waals surface area (Å²) in [5.74, 6) is -0.708. The summed E-state index contributed by atoms with van der Waals surface area (Å²) in [5, 5.41) is 8.80. The van der Waals surface area contributed by atoms with Crippen LogP contribution < -0.4 is 0 Å². The third kappa shape index (κ3) is 5.40. The lowest BCUT2D eigenvalue weighted by atomic mass is 10.0. The van der Waals surface area contributed by atoms with Gasteiger partial charge in [0.05, 0.1) is 22.8 Å². The number of unbranched alkanes of at least 4 members (excludes halogenated alkanes) is 2. The first kappa shape index (κ1) is 22.2. The third-order valence-corrected chi connectivity index (χ3v) is 6.10. The Labute approximate surface area is 190 Å². The number of carboxylic acids is 1. The number of fused-ring (bicyclic) bond motifs is 1. The summed E-state index contributed by atoms with van der Waals surface area (Å²) in [7, 11) is 0. The highest BCUT2D eigenvalue weighted by Gasteiger charge is 2.22. The molecular formula is C27H31N3O2. The molecule has 0 unspecified atom stereocenters. The molecular weight excluding hydrogens is 398 g/mol. The molecule has 32 heavy (non-hydrogen) atoms. The number of hydrogen-bond acceptors (Lipinski definition) is 4. The van der Waals surface area contributed by atoms with Gasteiger partial charge in [-0.25, -0.2) is 9.97 Å². The van der Waals surface area contributed by atoms with Crippen LogP contribution in [0.3, 0.4) is 0 Å². The lowest BCUT2D eigenvalue weighted by Crippen LogP contribution is -2.33. The van der Waals surface area contributed by atoms with Crippen LogP contribution in [0, 0.1) is 13.8 Å². The molecule has 0 aliphatic carbocycles. The molecule has 2 aromatic carbocycles. The second kappa shape index (κ2) is 10.0. The van der Waals surface area contributed by atoms with Gasteiger partial charge in [0, 0.05) is 37.1 Å².